The summed E-state index contributed by atoms with van der Waals surface area (Å²) >= 11 is 0. The quantitative estimate of drug-likeness (QED) is 0.347. The molecule has 0 fully saturated rings. The summed E-state index contributed by atoms with van der Waals surface area (Å²) in [4.78, 5) is 0. The van der Waals surface area contributed by atoms with Crippen LogP contribution in [0.5, 0.6) is 0 Å². The molecule has 0 aromatic heterocycles. The molecule has 70 valence electrons. The molecule has 0 bridgehead atoms. The van der Waals surface area contributed by atoms with Crippen LogP contribution in [0.1, 0.15) is 39.0 Å². The molecule has 2 N–H and O–H groups in total. The molecule has 0 aromatic carbocycles. The van der Waals surface area contributed by atoms with Crippen molar-refractivity contribution in [3.05, 3.63) is 12.3 Å². The van der Waals surface area contributed by atoms with Gasteiger partial charge in [0.2, 0.25) is 0 Å². The molecule has 12 heavy (non-hydrogen) atoms. The van der Waals surface area contributed by atoms with E-state index in [9.17, 15) is 0 Å². The van der Waals surface area contributed by atoms with Crippen molar-refractivity contribution in [1.82, 2.24) is 0 Å². The van der Waals surface area contributed by atoms with Crippen molar-refractivity contribution in [3.8, 4) is 0 Å². The van der Waals surface area contributed by atoms with E-state index in [1.54, 1.807) is 6.08 Å². The van der Waals surface area contributed by atoms with Gasteiger partial charge < -0.3 is 14.7 Å². The predicted octanol–water partition coefficient (Wildman–Crippen LogP) is 1.46. The van der Waals surface area contributed by atoms with Crippen LogP contribution in [0.2, 0.25) is 0 Å². The van der Waals surface area contributed by atoms with Crippen LogP contribution in [0.15, 0.2) is 12.3 Å². The van der Waals surface area contributed by atoms with Gasteiger partial charge in [0.1, 0.15) is 0 Å². The Morgan fingerprint density at radius 3 is 2.58 bits per heavy atom. The molecular weight excluding hydrogens is 155 g/mol. The molecule has 4 heteroatoms. The number of allylic oxidation sites excluding steroid dienone is 1. The van der Waals surface area contributed by atoms with E-state index in [1.165, 1.54) is 25.5 Å². The van der Waals surface area contributed by atoms with E-state index in [1.807, 2.05) is 0 Å². The minimum absolute atomic E-state index is 0.937. The van der Waals surface area contributed by atoms with Gasteiger partial charge in [-0.3, -0.25) is 0 Å². The number of hydrogen-bond donors (Lipinski definition) is 2. The molecular formula is C8H17BO3. The van der Waals surface area contributed by atoms with Crippen LogP contribution in [0, 0.1) is 0 Å². The highest BCUT2D eigenvalue weighted by Crippen LogP contribution is 2.02. The summed E-state index contributed by atoms with van der Waals surface area (Å²) in [6, 6.07) is 0. The summed E-state index contributed by atoms with van der Waals surface area (Å²) in [6.45, 7) is 2.17. The molecule has 0 aliphatic rings. The molecule has 0 saturated carbocycles. The molecule has 0 atom stereocenters. The van der Waals surface area contributed by atoms with Crippen molar-refractivity contribution >= 4 is 7.32 Å². The minimum Gasteiger partial charge on any atom is -0.519 e. The first kappa shape index (κ1) is 11.5. The summed E-state index contributed by atoms with van der Waals surface area (Å²) in [5.74, 6) is 0. The lowest BCUT2D eigenvalue weighted by Crippen LogP contribution is -2.12. The zero-order valence-electron chi connectivity index (χ0n) is 7.57. The van der Waals surface area contributed by atoms with E-state index in [2.05, 4.69) is 11.6 Å². The van der Waals surface area contributed by atoms with E-state index in [0.29, 0.717) is 0 Å². The molecule has 0 rings (SSSR count). The molecule has 0 spiro atoms. The first-order valence-electron chi connectivity index (χ1n) is 4.44. The van der Waals surface area contributed by atoms with E-state index in [0.717, 1.165) is 12.8 Å². The van der Waals surface area contributed by atoms with E-state index in [4.69, 9.17) is 10.0 Å². The second-order valence-electron chi connectivity index (χ2n) is 2.68. The van der Waals surface area contributed by atoms with Crippen LogP contribution in [0.25, 0.3) is 0 Å². The highest BCUT2D eigenvalue weighted by atomic mass is 16.6. The average molecular weight is 172 g/mol. The molecule has 3 nitrogen and oxygen atoms in total. The normalized spacial score (nSPS) is 10.6. The van der Waals surface area contributed by atoms with Crippen LogP contribution in [0.3, 0.4) is 0 Å². The molecule has 0 unspecified atom stereocenters. The predicted molar refractivity (Wildman–Crippen MR) is 49.2 cm³/mol. The first-order chi connectivity index (χ1) is 5.77. The second-order valence-corrected chi connectivity index (χ2v) is 2.68. The third-order valence-electron chi connectivity index (χ3n) is 1.52. The number of rotatable bonds is 7. The first-order valence-corrected chi connectivity index (χ1v) is 4.44. The Kier molecular flexibility index (Phi) is 8.28. The Bertz CT molecular complexity index is 115. The van der Waals surface area contributed by atoms with Crippen LogP contribution in [-0.4, -0.2) is 17.4 Å². The van der Waals surface area contributed by atoms with Gasteiger partial charge in [-0.2, -0.15) is 0 Å². The lowest BCUT2D eigenvalue weighted by atomic mass is 10.1. The van der Waals surface area contributed by atoms with Gasteiger partial charge in [-0.15, -0.1) is 0 Å². The molecule has 0 radical (unpaired) electrons. The zero-order valence-corrected chi connectivity index (χ0v) is 7.57. The maximum absolute atomic E-state index is 8.28. The van der Waals surface area contributed by atoms with E-state index < -0.39 is 7.32 Å². The topological polar surface area (TPSA) is 49.7 Å². The van der Waals surface area contributed by atoms with E-state index in [-0.39, 0.29) is 0 Å². The molecule has 0 aliphatic carbocycles. The van der Waals surface area contributed by atoms with Crippen molar-refractivity contribution in [2.24, 2.45) is 0 Å². The summed E-state index contributed by atoms with van der Waals surface area (Å²) < 4.78 is 4.38. The van der Waals surface area contributed by atoms with Gasteiger partial charge in [0.15, 0.2) is 0 Å². The van der Waals surface area contributed by atoms with Gasteiger partial charge >= 0.3 is 7.32 Å². The highest BCUT2D eigenvalue weighted by molar-refractivity contribution is 6.32. The van der Waals surface area contributed by atoms with Crippen molar-refractivity contribution in [1.29, 1.82) is 0 Å². The van der Waals surface area contributed by atoms with Gasteiger partial charge in [0, 0.05) is 0 Å². The van der Waals surface area contributed by atoms with Gasteiger partial charge in [-0.25, -0.2) is 0 Å². The maximum atomic E-state index is 8.28. The Balaban J connectivity index is 3.03. The Morgan fingerprint density at radius 2 is 2.00 bits per heavy atom. The van der Waals surface area contributed by atoms with Crippen LogP contribution in [0.4, 0.5) is 0 Å². The average Bonchev–Trinajstić information content (AvgIpc) is 2.02. The minimum atomic E-state index is -1.68. The monoisotopic (exact) mass is 172 g/mol. The van der Waals surface area contributed by atoms with Crippen molar-refractivity contribution in [2.45, 2.75) is 39.0 Å². The van der Waals surface area contributed by atoms with Gasteiger partial charge in [0.25, 0.3) is 0 Å². The summed E-state index contributed by atoms with van der Waals surface area (Å²) in [6.07, 6.45) is 8.92. The standard InChI is InChI=1S/C8H17BO3/c1-2-3-4-5-6-7-8-12-9(10)11/h7-8,10-11H,2-6H2,1H3/b8-7+. The van der Waals surface area contributed by atoms with Crippen LogP contribution in [-0.2, 0) is 4.65 Å². The smallest absolute Gasteiger partial charge is 0.519 e. The summed E-state index contributed by atoms with van der Waals surface area (Å²) in [5, 5.41) is 16.6. The fourth-order valence-electron chi connectivity index (χ4n) is 0.883. The van der Waals surface area contributed by atoms with Crippen LogP contribution < -0.4 is 0 Å². The van der Waals surface area contributed by atoms with E-state index >= 15 is 0 Å². The Labute approximate surface area is 74.2 Å². The van der Waals surface area contributed by atoms with Gasteiger partial charge in [0.05, 0.1) is 6.26 Å². The number of unbranched alkanes of at least 4 members (excludes halogenated alkanes) is 4. The lowest BCUT2D eigenvalue weighted by Gasteiger charge is -1.96. The third kappa shape index (κ3) is 9.52. The molecule has 0 aromatic rings. The Morgan fingerprint density at radius 1 is 1.25 bits per heavy atom. The van der Waals surface area contributed by atoms with Gasteiger partial charge in [-0.1, -0.05) is 32.3 Å². The molecule has 0 heterocycles. The van der Waals surface area contributed by atoms with Crippen molar-refractivity contribution in [2.75, 3.05) is 0 Å². The fraction of sp³-hybridized carbons (Fsp3) is 0.750. The lowest BCUT2D eigenvalue weighted by molar-refractivity contribution is 0.256. The fourth-order valence-corrected chi connectivity index (χ4v) is 0.883. The zero-order chi connectivity index (χ0) is 9.23. The molecule has 0 saturated heterocycles. The summed E-state index contributed by atoms with van der Waals surface area (Å²) in [5.41, 5.74) is 0. The highest BCUT2D eigenvalue weighted by Gasteiger charge is 2.05. The number of hydrogen-bond acceptors (Lipinski definition) is 3. The largest absolute Gasteiger partial charge is 0.707 e. The molecule has 0 amide bonds. The second kappa shape index (κ2) is 8.62. The van der Waals surface area contributed by atoms with Crippen LogP contribution >= 0.6 is 0 Å². The van der Waals surface area contributed by atoms with Crippen molar-refractivity contribution < 1.29 is 14.7 Å². The maximum Gasteiger partial charge on any atom is 0.707 e. The van der Waals surface area contributed by atoms with Gasteiger partial charge in [-0.05, 0) is 12.8 Å². The van der Waals surface area contributed by atoms with Crippen molar-refractivity contribution in [3.63, 3.8) is 0 Å². The molecule has 0 aliphatic heterocycles. The summed E-state index contributed by atoms with van der Waals surface area (Å²) in [7, 11) is -1.68. The third-order valence-corrected chi connectivity index (χ3v) is 1.52. The Hall–Kier alpha value is -0.475. The SMILES string of the molecule is CCCCCC/C=C/OB(O)O.